The molecule has 0 aliphatic rings. The Labute approximate surface area is 76.1 Å². The third-order valence-corrected chi connectivity index (χ3v) is 1.53. The van der Waals surface area contributed by atoms with E-state index in [1.165, 1.54) is 6.20 Å². The van der Waals surface area contributed by atoms with Crippen LogP contribution in [-0.2, 0) is 4.79 Å². The Kier molecular flexibility index (Phi) is 3.31. The van der Waals surface area contributed by atoms with Gasteiger partial charge in [0.2, 0.25) is 5.95 Å². The van der Waals surface area contributed by atoms with Crippen molar-refractivity contribution >= 4 is 12.4 Å². The molecule has 0 aliphatic carbocycles. The maximum absolute atomic E-state index is 12.9. The summed E-state index contributed by atoms with van der Waals surface area (Å²) in [7, 11) is 0. The highest BCUT2D eigenvalue weighted by Crippen LogP contribution is 2.08. The van der Waals surface area contributed by atoms with E-state index in [9.17, 15) is 9.18 Å². The van der Waals surface area contributed by atoms with E-state index >= 15 is 0 Å². The van der Waals surface area contributed by atoms with Crippen LogP contribution in [0.5, 0.6) is 0 Å². The van der Waals surface area contributed by atoms with Crippen LogP contribution in [0.2, 0.25) is 0 Å². The van der Waals surface area contributed by atoms with Gasteiger partial charge in [-0.25, -0.2) is 4.98 Å². The van der Waals surface area contributed by atoms with E-state index in [1.807, 2.05) is 6.92 Å². The van der Waals surface area contributed by atoms with Gasteiger partial charge in [-0.2, -0.15) is 4.39 Å². The first-order valence-electron chi connectivity index (χ1n) is 3.96. The number of carbonyl (C=O) groups excluding carboxylic acids is 1. The Bertz CT molecular complexity index is 334. The number of pyridine rings is 1. The van der Waals surface area contributed by atoms with Gasteiger partial charge < -0.3 is 4.79 Å². The molecule has 1 heterocycles. The van der Waals surface area contributed by atoms with Gasteiger partial charge in [-0.1, -0.05) is 12.2 Å². The van der Waals surface area contributed by atoms with Crippen molar-refractivity contribution in [1.29, 1.82) is 0 Å². The lowest BCUT2D eigenvalue weighted by atomic mass is 10.2. The van der Waals surface area contributed by atoms with E-state index in [0.29, 0.717) is 12.0 Å². The van der Waals surface area contributed by atoms with Gasteiger partial charge in [0.15, 0.2) is 0 Å². The number of hydrogen-bond acceptors (Lipinski definition) is 2. The molecular weight excluding hydrogens is 169 g/mol. The monoisotopic (exact) mass is 179 g/mol. The molecule has 2 nitrogen and oxygen atoms in total. The number of hydrogen-bond donors (Lipinski definition) is 0. The van der Waals surface area contributed by atoms with Crippen LogP contribution in [0.4, 0.5) is 4.39 Å². The molecule has 1 aromatic heterocycles. The molecule has 1 rings (SSSR count). The largest absolute Gasteiger partial charge is 0.303 e. The number of carbonyl (C=O) groups is 1. The van der Waals surface area contributed by atoms with Gasteiger partial charge >= 0.3 is 0 Å². The second-order valence-corrected chi connectivity index (χ2v) is 2.70. The van der Waals surface area contributed by atoms with E-state index in [1.54, 1.807) is 18.2 Å². The van der Waals surface area contributed by atoms with Crippen LogP contribution in [0.3, 0.4) is 0 Å². The molecule has 68 valence electrons. The van der Waals surface area contributed by atoms with Crippen LogP contribution < -0.4 is 0 Å². The molecule has 0 saturated carbocycles. The molecule has 0 N–H and O–H groups in total. The molecule has 0 unspecified atom stereocenters. The average molecular weight is 179 g/mol. The Morgan fingerprint density at radius 3 is 3.08 bits per heavy atom. The summed E-state index contributed by atoms with van der Waals surface area (Å²) < 4.78 is 12.9. The Balaban J connectivity index is 2.86. The molecular formula is C10H10FNO. The summed E-state index contributed by atoms with van der Waals surface area (Å²) in [6.45, 7) is 1.84. The van der Waals surface area contributed by atoms with Gasteiger partial charge in [-0.15, -0.1) is 0 Å². The predicted molar refractivity (Wildman–Crippen MR) is 48.6 cm³/mol. The van der Waals surface area contributed by atoms with Gasteiger partial charge in [0.05, 0.1) is 0 Å². The zero-order valence-electron chi connectivity index (χ0n) is 7.33. The van der Waals surface area contributed by atoms with Crippen molar-refractivity contribution in [2.75, 3.05) is 0 Å². The van der Waals surface area contributed by atoms with E-state index in [-0.39, 0.29) is 0 Å². The van der Waals surface area contributed by atoms with Crippen molar-refractivity contribution in [2.45, 2.75) is 13.3 Å². The molecule has 0 aromatic carbocycles. The Morgan fingerprint density at radius 2 is 2.38 bits per heavy atom. The maximum Gasteiger partial charge on any atom is 0.220 e. The van der Waals surface area contributed by atoms with Crippen molar-refractivity contribution in [1.82, 2.24) is 4.98 Å². The molecule has 1 aromatic rings. The van der Waals surface area contributed by atoms with E-state index in [0.717, 1.165) is 11.8 Å². The van der Waals surface area contributed by atoms with E-state index in [2.05, 4.69) is 4.98 Å². The Morgan fingerprint density at radius 1 is 1.62 bits per heavy atom. The lowest BCUT2D eigenvalue weighted by molar-refractivity contribution is -0.107. The number of aromatic nitrogens is 1. The summed E-state index contributed by atoms with van der Waals surface area (Å²) in [4.78, 5) is 13.5. The lowest BCUT2D eigenvalue weighted by Crippen LogP contribution is -1.88. The zero-order valence-corrected chi connectivity index (χ0v) is 7.33. The topological polar surface area (TPSA) is 30.0 Å². The first kappa shape index (κ1) is 9.58. The minimum atomic E-state index is -0.507. The Hall–Kier alpha value is -1.51. The summed E-state index contributed by atoms with van der Waals surface area (Å²) in [6.07, 6.45) is 5.69. The SMILES string of the molecule is Cc1cnc(F)c(C=CCC=O)c1. The van der Waals surface area contributed by atoms with Crippen LogP contribution in [-0.4, -0.2) is 11.3 Å². The highest BCUT2D eigenvalue weighted by molar-refractivity contribution is 5.57. The minimum Gasteiger partial charge on any atom is -0.303 e. The van der Waals surface area contributed by atoms with Gasteiger partial charge in [0.25, 0.3) is 0 Å². The summed E-state index contributed by atoms with van der Waals surface area (Å²) in [6, 6.07) is 1.68. The van der Waals surface area contributed by atoms with Crippen LogP contribution in [0.1, 0.15) is 17.5 Å². The second-order valence-electron chi connectivity index (χ2n) is 2.70. The quantitative estimate of drug-likeness (QED) is 0.525. The van der Waals surface area contributed by atoms with Crippen LogP contribution in [0, 0.1) is 12.9 Å². The van der Waals surface area contributed by atoms with Crippen LogP contribution >= 0.6 is 0 Å². The summed E-state index contributed by atoms with van der Waals surface area (Å²) in [5.74, 6) is -0.507. The third-order valence-electron chi connectivity index (χ3n) is 1.53. The van der Waals surface area contributed by atoms with E-state index < -0.39 is 5.95 Å². The lowest BCUT2D eigenvalue weighted by Gasteiger charge is -1.96. The van der Waals surface area contributed by atoms with E-state index in [4.69, 9.17) is 0 Å². The summed E-state index contributed by atoms with van der Waals surface area (Å²) in [5, 5.41) is 0. The summed E-state index contributed by atoms with van der Waals surface area (Å²) in [5.41, 5.74) is 1.31. The predicted octanol–water partition coefficient (Wildman–Crippen LogP) is 2.13. The van der Waals surface area contributed by atoms with Crippen LogP contribution in [0.25, 0.3) is 6.08 Å². The van der Waals surface area contributed by atoms with Crippen molar-refractivity contribution < 1.29 is 9.18 Å². The first-order valence-corrected chi connectivity index (χ1v) is 3.96. The molecule has 0 radical (unpaired) electrons. The van der Waals surface area contributed by atoms with Gasteiger partial charge in [0.1, 0.15) is 6.29 Å². The highest BCUT2D eigenvalue weighted by Gasteiger charge is 1.98. The summed E-state index contributed by atoms with van der Waals surface area (Å²) >= 11 is 0. The molecule has 13 heavy (non-hydrogen) atoms. The maximum atomic E-state index is 12.9. The number of aryl methyl sites for hydroxylation is 1. The molecule has 0 aliphatic heterocycles. The molecule has 0 atom stereocenters. The van der Waals surface area contributed by atoms with Crippen molar-refractivity contribution in [3.8, 4) is 0 Å². The number of halogens is 1. The van der Waals surface area contributed by atoms with Crippen molar-refractivity contribution in [3.05, 3.63) is 35.4 Å². The molecule has 0 amide bonds. The number of nitrogens with zero attached hydrogens (tertiary/aromatic N) is 1. The first-order chi connectivity index (χ1) is 6.24. The molecule has 0 saturated heterocycles. The van der Waals surface area contributed by atoms with Gasteiger partial charge in [-0.05, 0) is 18.6 Å². The number of aldehydes is 1. The van der Waals surface area contributed by atoms with Crippen molar-refractivity contribution in [3.63, 3.8) is 0 Å². The fraction of sp³-hybridized carbons (Fsp3) is 0.200. The second kappa shape index (κ2) is 4.50. The molecule has 0 fully saturated rings. The normalized spacial score (nSPS) is 10.6. The third kappa shape index (κ3) is 2.78. The van der Waals surface area contributed by atoms with Gasteiger partial charge in [-0.3, -0.25) is 0 Å². The number of rotatable bonds is 3. The van der Waals surface area contributed by atoms with Crippen LogP contribution in [0.15, 0.2) is 18.3 Å². The fourth-order valence-electron chi connectivity index (χ4n) is 0.943. The molecule has 0 bridgehead atoms. The zero-order chi connectivity index (χ0) is 9.68. The van der Waals surface area contributed by atoms with Crippen molar-refractivity contribution in [2.24, 2.45) is 0 Å². The number of allylic oxidation sites excluding steroid dienone is 1. The highest BCUT2D eigenvalue weighted by atomic mass is 19.1. The standard InChI is InChI=1S/C10H10FNO/c1-8-6-9(4-2-3-5-13)10(11)12-7-8/h2,4-7H,3H2,1H3. The molecule has 3 heteroatoms. The molecule has 0 spiro atoms. The fourth-order valence-corrected chi connectivity index (χ4v) is 0.943. The minimum absolute atomic E-state index is 0.299. The average Bonchev–Trinajstić information content (AvgIpc) is 2.11. The van der Waals surface area contributed by atoms with Gasteiger partial charge in [0, 0.05) is 18.2 Å². The smallest absolute Gasteiger partial charge is 0.220 e.